The van der Waals surface area contributed by atoms with Gasteiger partial charge in [0.15, 0.2) is 5.16 Å². The Morgan fingerprint density at radius 1 is 1.47 bits per heavy atom. The third kappa shape index (κ3) is 2.88. The van der Waals surface area contributed by atoms with Crippen LogP contribution in [-0.2, 0) is 7.05 Å². The Morgan fingerprint density at radius 2 is 2.24 bits per heavy atom. The average Bonchev–Trinajstić information content (AvgIpc) is 2.64. The van der Waals surface area contributed by atoms with Gasteiger partial charge in [0.25, 0.3) is 0 Å². The molecular weight excluding hydrogens is 300 g/mol. The normalized spacial score (nSPS) is 12.7. The van der Waals surface area contributed by atoms with Crippen LogP contribution < -0.4 is 5.73 Å². The summed E-state index contributed by atoms with van der Waals surface area (Å²) in [7, 11) is 1.92. The van der Waals surface area contributed by atoms with E-state index < -0.39 is 0 Å². The highest BCUT2D eigenvalue weighted by molar-refractivity contribution is 9.10. The van der Waals surface area contributed by atoms with E-state index >= 15 is 0 Å². The van der Waals surface area contributed by atoms with Crippen LogP contribution in [0.15, 0.2) is 39.1 Å². The summed E-state index contributed by atoms with van der Waals surface area (Å²) in [6, 6.07) is 6.16. The Balaban J connectivity index is 2.24. The van der Waals surface area contributed by atoms with Crippen molar-refractivity contribution in [2.75, 3.05) is 0 Å². The second-order valence-corrected chi connectivity index (χ2v) is 5.69. The van der Waals surface area contributed by atoms with E-state index in [1.165, 1.54) is 0 Å². The van der Waals surface area contributed by atoms with Crippen LogP contribution in [0.25, 0.3) is 0 Å². The van der Waals surface area contributed by atoms with Crippen molar-refractivity contribution in [3.8, 4) is 0 Å². The maximum Gasteiger partial charge on any atom is 0.195 e. The third-order valence-electron chi connectivity index (χ3n) is 2.34. The van der Waals surface area contributed by atoms with Crippen molar-refractivity contribution in [1.29, 1.82) is 0 Å². The number of rotatable bonds is 3. The first-order chi connectivity index (χ1) is 8.08. The standard InChI is InChI=1S/C11H13BrN4S/c1-7(13)9-4-3-8(5-10(9)12)17-11-15-14-6-16(11)2/h3-7H,13H2,1-2H3. The Bertz CT molecular complexity index is 524. The van der Waals surface area contributed by atoms with Crippen LogP contribution in [0.3, 0.4) is 0 Å². The molecule has 4 nitrogen and oxygen atoms in total. The Hall–Kier alpha value is -0.850. The van der Waals surface area contributed by atoms with Gasteiger partial charge in [0.05, 0.1) is 0 Å². The molecule has 1 atom stereocenters. The second kappa shape index (κ2) is 5.20. The van der Waals surface area contributed by atoms with Crippen LogP contribution in [0.4, 0.5) is 0 Å². The number of halogens is 1. The molecule has 0 aliphatic rings. The van der Waals surface area contributed by atoms with E-state index in [9.17, 15) is 0 Å². The molecule has 1 aromatic carbocycles. The predicted octanol–water partition coefficient (Wildman–Crippen LogP) is 2.75. The van der Waals surface area contributed by atoms with Gasteiger partial charge in [-0.25, -0.2) is 0 Å². The molecule has 1 aromatic heterocycles. The lowest BCUT2D eigenvalue weighted by Crippen LogP contribution is -2.05. The topological polar surface area (TPSA) is 56.7 Å². The zero-order chi connectivity index (χ0) is 12.4. The molecule has 0 saturated carbocycles. The monoisotopic (exact) mass is 312 g/mol. The second-order valence-electron chi connectivity index (χ2n) is 3.80. The van der Waals surface area contributed by atoms with E-state index in [1.54, 1.807) is 18.1 Å². The molecule has 0 fully saturated rings. The summed E-state index contributed by atoms with van der Waals surface area (Å²) in [5.41, 5.74) is 6.97. The number of nitrogens with zero attached hydrogens (tertiary/aromatic N) is 3. The molecular formula is C11H13BrN4S. The van der Waals surface area contributed by atoms with Crippen LogP contribution in [0.1, 0.15) is 18.5 Å². The highest BCUT2D eigenvalue weighted by Gasteiger charge is 2.08. The van der Waals surface area contributed by atoms with E-state index in [2.05, 4.69) is 32.2 Å². The minimum atomic E-state index is 0.0262. The van der Waals surface area contributed by atoms with Gasteiger partial charge in [-0.2, -0.15) is 0 Å². The number of aryl methyl sites for hydroxylation is 1. The van der Waals surface area contributed by atoms with Crippen molar-refractivity contribution < 1.29 is 0 Å². The molecule has 0 amide bonds. The molecule has 0 aliphatic heterocycles. The van der Waals surface area contributed by atoms with Gasteiger partial charge in [-0.3, -0.25) is 0 Å². The molecule has 0 radical (unpaired) electrons. The predicted molar refractivity (Wildman–Crippen MR) is 71.9 cm³/mol. The van der Waals surface area contributed by atoms with E-state index in [4.69, 9.17) is 5.73 Å². The third-order valence-corrected chi connectivity index (χ3v) is 4.07. The highest BCUT2D eigenvalue weighted by Crippen LogP contribution is 2.31. The minimum Gasteiger partial charge on any atom is -0.324 e. The summed E-state index contributed by atoms with van der Waals surface area (Å²) in [6.07, 6.45) is 1.69. The molecule has 0 saturated heterocycles. The average molecular weight is 313 g/mol. The smallest absolute Gasteiger partial charge is 0.195 e. The zero-order valence-electron chi connectivity index (χ0n) is 9.59. The van der Waals surface area contributed by atoms with E-state index in [1.807, 2.05) is 30.7 Å². The fourth-order valence-corrected chi connectivity index (χ4v) is 3.11. The van der Waals surface area contributed by atoms with Crippen LogP contribution in [0.5, 0.6) is 0 Å². The minimum absolute atomic E-state index is 0.0262. The Kier molecular flexibility index (Phi) is 3.86. The lowest BCUT2D eigenvalue weighted by atomic mass is 10.1. The summed E-state index contributed by atoms with van der Waals surface area (Å²) in [5, 5.41) is 8.75. The molecule has 0 bridgehead atoms. The molecule has 2 N–H and O–H groups in total. The van der Waals surface area contributed by atoms with Gasteiger partial charge in [-0.15, -0.1) is 10.2 Å². The first-order valence-corrected chi connectivity index (χ1v) is 6.75. The summed E-state index contributed by atoms with van der Waals surface area (Å²) in [5.74, 6) is 0. The van der Waals surface area contributed by atoms with Gasteiger partial charge in [0, 0.05) is 22.5 Å². The van der Waals surface area contributed by atoms with Gasteiger partial charge < -0.3 is 10.3 Å². The molecule has 0 spiro atoms. The summed E-state index contributed by atoms with van der Waals surface area (Å²) in [4.78, 5) is 1.11. The van der Waals surface area contributed by atoms with Crippen molar-refractivity contribution in [2.24, 2.45) is 12.8 Å². The highest BCUT2D eigenvalue weighted by atomic mass is 79.9. The zero-order valence-corrected chi connectivity index (χ0v) is 12.0. The van der Waals surface area contributed by atoms with Crippen LogP contribution >= 0.6 is 27.7 Å². The summed E-state index contributed by atoms with van der Waals surface area (Å²) < 4.78 is 2.91. The molecule has 1 unspecified atom stereocenters. The quantitative estimate of drug-likeness (QED) is 0.946. The molecule has 2 rings (SSSR count). The Labute approximate surface area is 113 Å². The molecule has 1 heterocycles. The molecule has 17 heavy (non-hydrogen) atoms. The molecule has 2 aromatic rings. The lowest BCUT2D eigenvalue weighted by Gasteiger charge is -2.09. The van der Waals surface area contributed by atoms with Gasteiger partial charge >= 0.3 is 0 Å². The van der Waals surface area contributed by atoms with Gasteiger partial charge in [-0.05, 0) is 36.4 Å². The van der Waals surface area contributed by atoms with Crippen LogP contribution in [-0.4, -0.2) is 14.8 Å². The van der Waals surface area contributed by atoms with E-state index in [-0.39, 0.29) is 6.04 Å². The fraction of sp³-hybridized carbons (Fsp3) is 0.273. The first kappa shape index (κ1) is 12.6. The van der Waals surface area contributed by atoms with Crippen molar-refractivity contribution >= 4 is 27.7 Å². The fourth-order valence-electron chi connectivity index (χ4n) is 1.41. The molecule has 0 aliphatic carbocycles. The molecule has 6 heteroatoms. The maximum atomic E-state index is 5.86. The SMILES string of the molecule is CC(N)c1ccc(Sc2nncn2C)cc1Br. The first-order valence-electron chi connectivity index (χ1n) is 5.15. The Morgan fingerprint density at radius 3 is 2.76 bits per heavy atom. The summed E-state index contributed by atoms with van der Waals surface area (Å²) >= 11 is 5.11. The van der Waals surface area contributed by atoms with E-state index in [0.29, 0.717) is 0 Å². The van der Waals surface area contributed by atoms with Gasteiger partial charge in [0.2, 0.25) is 0 Å². The van der Waals surface area contributed by atoms with Crippen molar-refractivity contribution in [3.05, 3.63) is 34.6 Å². The number of nitrogens with two attached hydrogens (primary N) is 1. The van der Waals surface area contributed by atoms with Gasteiger partial charge in [0.1, 0.15) is 6.33 Å². The van der Waals surface area contributed by atoms with Crippen molar-refractivity contribution in [1.82, 2.24) is 14.8 Å². The van der Waals surface area contributed by atoms with Crippen LogP contribution in [0, 0.1) is 0 Å². The summed E-state index contributed by atoms with van der Waals surface area (Å²) in [6.45, 7) is 1.97. The number of hydrogen-bond acceptors (Lipinski definition) is 4. The number of hydrogen-bond donors (Lipinski definition) is 1. The van der Waals surface area contributed by atoms with Crippen LogP contribution in [0.2, 0.25) is 0 Å². The number of aromatic nitrogens is 3. The lowest BCUT2D eigenvalue weighted by molar-refractivity contribution is 0.788. The van der Waals surface area contributed by atoms with Crippen molar-refractivity contribution in [2.45, 2.75) is 23.0 Å². The van der Waals surface area contributed by atoms with Gasteiger partial charge in [-0.1, -0.05) is 22.0 Å². The maximum absolute atomic E-state index is 5.86. The van der Waals surface area contributed by atoms with E-state index in [0.717, 1.165) is 20.1 Å². The molecule has 90 valence electrons. The largest absolute Gasteiger partial charge is 0.324 e. The van der Waals surface area contributed by atoms with Crippen molar-refractivity contribution in [3.63, 3.8) is 0 Å². The number of benzene rings is 1.